The zero-order valence-electron chi connectivity index (χ0n) is 9.89. The molecule has 0 bridgehead atoms. The number of ketones is 1. The maximum Gasteiger partial charge on any atom is 0.194 e. The minimum atomic E-state index is 0.0895. The Morgan fingerprint density at radius 1 is 0.833 bits per heavy atom. The fourth-order valence-electron chi connectivity index (χ4n) is 2.41. The van der Waals surface area contributed by atoms with Crippen LogP contribution in [0, 0.1) is 0 Å². The Morgan fingerprint density at radius 2 is 1.44 bits per heavy atom. The lowest BCUT2D eigenvalue weighted by molar-refractivity contribution is 0.105. The largest absolute Gasteiger partial charge is 0.289 e. The highest BCUT2D eigenvalue weighted by Crippen LogP contribution is 2.38. The fourth-order valence-corrected chi connectivity index (χ4v) is 2.41. The molecule has 1 aliphatic carbocycles. The van der Waals surface area contributed by atoms with Crippen LogP contribution >= 0.6 is 0 Å². The molecule has 2 aromatic carbocycles. The first kappa shape index (κ1) is 10.7. The van der Waals surface area contributed by atoms with Gasteiger partial charge in [-0.1, -0.05) is 67.3 Å². The van der Waals surface area contributed by atoms with Crippen molar-refractivity contribution in [1.29, 1.82) is 0 Å². The van der Waals surface area contributed by atoms with E-state index in [9.17, 15) is 4.79 Å². The van der Waals surface area contributed by atoms with E-state index in [1.54, 1.807) is 6.08 Å². The first-order chi connectivity index (χ1) is 8.83. The van der Waals surface area contributed by atoms with Gasteiger partial charge in [0.2, 0.25) is 0 Å². The van der Waals surface area contributed by atoms with Gasteiger partial charge in [-0.05, 0) is 16.7 Å². The molecule has 0 aliphatic heterocycles. The number of Topliss-reactive ketones (excluding diaryl/α,β-unsaturated/α-hetero) is 1. The summed E-state index contributed by atoms with van der Waals surface area (Å²) in [6, 6.07) is 17.4. The van der Waals surface area contributed by atoms with E-state index in [0.717, 1.165) is 27.8 Å². The molecule has 0 unspecified atom stereocenters. The van der Waals surface area contributed by atoms with Crippen LogP contribution < -0.4 is 0 Å². The van der Waals surface area contributed by atoms with Crippen LogP contribution in [0.5, 0.6) is 0 Å². The summed E-state index contributed by atoms with van der Waals surface area (Å²) in [6.45, 7) is 3.84. The average Bonchev–Trinajstić information content (AvgIpc) is 2.73. The number of rotatable bonds is 2. The monoisotopic (exact) mass is 232 g/mol. The van der Waals surface area contributed by atoms with Crippen molar-refractivity contribution < 1.29 is 4.79 Å². The summed E-state index contributed by atoms with van der Waals surface area (Å²) in [5, 5.41) is 0. The summed E-state index contributed by atoms with van der Waals surface area (Å²) < 4.78 is 0. The molecule has 0 radical (unpaired) electrons. The van der Waals surface area contributed by atoms with Crippen molar-refractivity contribution in [2.75, 3.05) is 0 Å². The van der Waals surface area contributed by atoms with E-state index in [1.807, 2.05) is 54.6 Å². The van der Waals surface area contributed by atoms with Gasteiger partial charge in [0.15, 0.2) is 5.78 Å². The summed E-state index contributed by atoms with van der Waals surface area (Å²) in [5.41, 5.74) is 4.39. The third-order valence-electron chi connectivity index (χ3n) is 3.22. The van der Waals surface area contributed by atoms with Gasteiger partial charge in [0, 0.05) is 11.1 Å². The zero-order chi connectivity index (χ0) is 12.5. The summed E-state index contributed by atoms with van der Waals surface area (Å²) in [4.78, 5) is 12.5. The Morgan fingerprint density at radius 3 is 2.11 bits per heavy atom. The van der Waals surface area contributed by atoms with Crippen LogP contribution in [-0.4, -0.2) is 5.78 Å². The summed E-state index contributed by atoms with van der Waals surface area (Å²) in [6.07, 6.45) is 1.77. The van der Waals surface area contributed by atoms with Gasteiger partial charge in [-0.25, -0.2) is 0 Å². The maximum absolute atomic E-state index is 12.5. The summed E-state index contributed by atoms with van der Waals surface area (Å²) in [5.74, 6) is 0.0895. The molecule has 86 valence electrons. The molecule has 1 heteroatoms. The highest BCUT2D eigenvalue weighted by atomic mass is 16.1. The van der Waals surface area contributed by atoms with E-state index >= 15 is 0 Å². The highest BCUT2D eigenvalue weighted by molar-refractivity contribution is 6.40. The Kier molecular flexibility index (Phi) is 2.45. The molecule has 0 amide bonds. The minimum Gasteiger partial charge on any atom is -0.289 e. The van der Waals surface area contributed by atoms with Crippen molar-refractivity contribution in [2.45, 2.75) is 0 Å². The molecule has 0 fully saturated rings. The predicted octanol–water partition coefficient (Wildman–Crippen LogP) is 3.98. The van der Waals surface area contributed by atoms with Crippen molar-refractivity contribution in [3.05, 3.63) is 83.9 Å². The lowest BCUT2D eigenvalue weighted by Crippen LogP contribution is -1.97. The lowest BCUT2D eigenvalue weighted by atomic mass is 10.00. The molecule has 18 heavy (non-hydrogen) atoms. The number of hydrogen-bond acceptors (Lipinski definition) is 1. The molecular formula is C17H12O. The molecule has 0 heterocycles. The third-order valence-corrected chi connectivity index (χ3v) is 3.22. The molecule has 1 nitrogen and oxygen atoms in total. The van der Waals surface area contributed by atoms with Gasteiger partial charge in [0.25, 0.3) is 0 Å². The molecule has 1 aliphatic rings. The molecule has 3 rings (SSSR count). The van der Waals surface area contributed by atoms with E-state index in [2.05, 4.69) is 6.58 Å². The smallest absolute Gasteiger partial charge is 0.194 e. The van der Waals surface area contributed by atoms with Gasteiger partial charge in [0.1, 0.15) is 0 Å². The van der Waals surface area contributed by atoms with Crippen LogP contribution in [0.4, 0.5) is 0 Å². The van der Waals surface area contributed by atoms with Crippen LogP contribution in [0.2, 0.25) is 0 Å². The molecular weight excluding hydrogens is 220 g/mol. The molecule has 2 aromatic rings. The molecule has 0 saturated heterocycles. The highest BCUT2D eigenvalue weighted by Gasteiger charge is 2.28. The van der Waals surface area contributed by atoms with Gasteiger partial charge in [-0.2, -0.15) is 0 Å². The first-order valence-corrected chi connectivity index (χ1v) is 5.89. The number of carbonyl (C=O) groups is 1. The quantitative estimate of drug-likeness (QED) is 0.765. The average molecular weight is 232 g/mol. The van der Waals surface area contributed by atoms with Crippen LogP contribution in [0.1, 0.15) is 21.5 Å². The normalized spacial score (nSPS) is 13.7. The van der Waals surface area contributed by atoms with Gasteiger partial charge < -0.3 is 0 Å². The Hall–Kier alpha value is -2.41. The first-order valence-electron chi connectivity index (χ1n) is 5.89. The molecule has 0 spiro atoms. The van der Waals surface area contributed by atoms with Crippen molar-refractivity contribution in [3.8, 4) is 0 Å². The molecule has 0 atom stereocenters. The second-order valence-corrected chi connectivity index (χ2v) is 4.23. The van der Waals surface area contributed by atoms with Crippen molar-refractivity contribution in [3.63, 3.8) is 0 Å². The topological polar surface area (TPSA) is 17.1 Å². The van der Waals surface area contributed by atoms with Crippen LogP contribution in [0.3, 0.4) is 0 Å². The molecule has 0 saturated carbocycles. The van der Waals surface area contributed by atoms with Crippen molar-refractivity contribution in [1.82, 2.24) is 0 Å². The Labute approximate surface area is 106 Å². The second kappa shape index (κ2) is 4.11. The Balaban J connectivity index is 2.27. The summed E-state index contributed by atoms with van der Waals surface area (Å²) in [7, 11) is 0. The minimum absolute atomic E-state index is 0.0895. The van der Waals surface area contributed by atoms with E-state index in [0.29, 0.717) is 0 Å². The van der Waals surface area contributed by atoms with Gasteiger partial charge in [-0.15, -0.1) is 0 Å². The van der Waals surface area contributed by atoms with E-state index in [1.165, 1.54) is 0 Å². The van der Waals surface area contributed by atoms with Gasteiger partial charge in [0.05, 0.1) is 0 Å². The predicted molar refractivity (Wildman–Crippen MR) is 74.2 cm³/mol. The summed E-state index contributed by atoms with van der Waals surface area (Å²) >= 11 is 0. The number of benzene rings is 2. The lowest BCUT2D eigenvalue weighted by Gasteiger charge is -2.02. The van der Waals surface area contributed by atoms with Crippen LogP contribution in [0.25, 0.3) is 11.1 Å². The number of fused-ring (bicyclic) bond motifs is 1. The number of allylic oxidation sites excluding steroid dienone is 3. The van der Waals surface area contributed by atoms with Gasteiger partial charge >= 0.3 is 0 Å². The third kappa shape index (κ3) is 1.45. The standard InChI is InChI=1S/C17H12O/c1-2-13-14-10-6-7-11-15(14)17(18)16(13)12-8-4-3-5-9-12/h2-11H,1H2. The molecule has 0 aromatic heterocycles. The van der Waals surface area contributed by atoms with E-state index in [-0.39, 0.29) is 5.78 Å². The van der Waals surface area contributed by atoms with E-state index < -0.39 is 0 Å². The van der Waals surface area contributed by atoms with Crippen molar-refractivity contribution >= 4 is 16.9 Å². The van der Waals surface area contributed by atoms with Crippen LogP contribution in [0.15, 0.2) is 67.3 Å². The van der Waals surface area contributed by atoms with Gasteiger partial charge in [-0.3, -0.25) is 4.79 Å². The maximum atomic E-state index is 12.5. The zero-order valence-corrected chi connectivity index (χ0v) is 9.89. The fraction of sp³-hybridized carbons (Fsp3) is 0. The van der Waals surface area contributed by atoms with Crippen LogP contribution in [-0.2, 0) is 0 Å². The second-order valence-electron chi connectivity index (χ2n) is 4.23. The number of carbonyl (C=O) groups excluding carboxylic acids is 1. The van der Waals surface area contributed by atoms with E-state index in [4.69, 9.17) is 0 Å². The SMILES string of the molecule is C=CC1=C(c2ccccc2)C(=O)c2ccccc21. The number of hydrogen-bond donors (Lipinski definition) is 0. The Bertz CT molecular complexity index is 663. The van der Waals surface area contributed by atoms with Crippen molar-refractivity contribution in [2.24, 2.45) is 0 Å². The molecule has 0 N–H and O–H groups in total.